The number of nitrogens with zero attached hydrogens (tertiary/aromatic N) is 6. The van der Waals surface area contributed by atoms with Gasteiger partial charge in [0.1, 0.15) is 17.0 Å². The number of ketones is 1. The Labute approximate surface area is 274 Å². The molecular formula is C38H39N7O2. The molecule has 2 fully saturated rings. The zero-order valence-corrected chi connectivity index (χ0v) is 26.9. The fourth-order valence-electron chi connectivity index (χ4n) is 7.55. The summed E-state index contributed by atoms with van der Waals surface area (Å²) in [5.41, 5.74) is 14.6. The minimum atomic E-state index is 0.0286. The van der Waals surface area contributed by atoms with E-state index in [-0.39, 0.29) is 5.78 Å². The number of benzene rings is 1. The molecule has 8 rings (SSSR count). The second-order valence-electron chi connectivity index (χ2n) is 13.5. The molecule has 0 radical (unpaired) electrons. The largest absolute Gasteiger partial charge is 0.494 e. The normalized spacial score (nSPS) is 20.9. The van der Waals surface area contributed by atoms with Gasteiger partial charge in [-0.3, -0.25) is 14.3 Å². The van der Waals surface area contributed by atoms with Gasteiger partial charge < -0.3 is 15.4 Å². The maximum atomic E-state index is 12.4. The summed E-state index contributed by atoms with van der Waals surface area (Å²) in [6.45, 7) is 10.9. The van der Waals surface area contributed by atoms with Gasteiger partial charge in [-0.15, -0.1) is 0 Å². The van der Waals surface area contributed by atoms with Gasteiger partial charge in [-0.25, -0.2) is 15.0 Å². The number of imidazole rings is 1. The van der Waals surface area contributed by atoms with Crippen LogP contribution in [0.4, 0.5) is 5.82 Å². The lowest BCUT2D eigenvalue weighted by molar-refractivity contribution is -0.117. The number of methoxy groups -OCH3 is 1. The maximum absolute atomic E-state index is 12.4. The second-order valence-corrected chi connectivity index (χ2v) is 13.5. The number of piperidine rings is 1. The number of rotatable bonds is 7. The first kappa shape index (κ1) is 29.4. The smallest absolute Gasteiger partial charge is 0.216 e. The first-order chi connectivity index (χ1) is 22.8. The first-order valence-electron chi connectivity index (χ1n) is 16.4. The third-order valence-corrected chi connectivity index (χ3v) is 10.2. The molecule has 1 unspecified atom stereocenters. The van der Waals surface area contributed by atoms with E-state index in [1.165, 1.54) is 5.56 Å². The van der Waals surface area contributed by atoms with Crippen molar-refractivity contribution < 1.29 is 9.53 Å². The summed E-state index contributed by atoms with van der Waals surface area (Å²) in [7, 11) is 1.61. The Morgan fingerprint density at radius 3 is 2.55 bits per heavy atom. The first-order valence-corrected chi connectivity index (χ1v) is 16.4. The minimum absolute atomic E-state index is 0.0286. The number of aromatic nitrogens is 4. The van der Waals surface area contributed by atoms with Crippen LogP contribution in [0.25, 0.3) is 33.8 Å². The highest BCUT2D eigenvalue weighted by molar-refractivity contribution is 6.18. The minimum Gasteiger partial charge on any atom is -0.494 e. The highest BCUT2D eigenvalue weighted by atomic mass is 16.5. The van der Waals surface area contributed by atoms with Gasteiger partial charge in [-0.1, -0.05) is 43.9 Å². The summed E-state index contributed by atoms with van der Waals surface area (Å²) in [6, 6.07) is 16.7. The van der Waals surface area contributed by atoms with E-state index in [1.54, 1.807) is 13.3 Å². The van der Waals surface area contributed by atoms with Crippen LogP contribution in [0.15, 0.2) is 96.6 Å². The molecule has 2 saturated heterocycles. The third-order valence-electron chi connectivity index (χ3n) is 10.2. The van der Waals surface area contributed by atoms with Gasteiger partial charge in [0.05, 0.1) is 23.9 Å². The monoisotopic (exact) mass is 625 g/mol. The van der Waals surface area contributed by atoms with E-state index in [0.29, 0.717) is 34.2 Å². The zero-order chi connectivity index (χ0) is 32.3. The number of pyridine rings is 2. The van der Waals surface area contributed by atoms with Crippen molar-refractivity contribution in [2.75, 3.05) is 39.0 Å². The van der Waals surface area contributed by atoms with Crippen molar-refractivity contribution in [2.24, 2.45) is 11.3 Å². The van der Waals surface area contributed by atoms with Crippen LogP contribution in [0, 0.1) is 11.3 Å². The molecule has 9 heteroatoms. The number of hydrogen-bond acceptors (Lipinski definition) is 8. The SMILES string of the molecule is C=C1C(=O)C(N2CCC3(CC2)CN(Cc2ccc(-n4c(-c5cccnc5N)nc5ccc(C6=CCC(C)C=C6)nc54)cc2)C3)=C1OC. The molecule has 2 aliphatic carbocycles. The second kappa shape index (κ2) is 11.3. The van der Waals surface area contributed by atoms with E-state index in [0.717, 1.165) is 91.5 Å². The molecular weight excluding hydrogens is 586 g/mol. The lowest BCUT2D eigenvalue weighted by Gasteiger charge is -2.55. The molecule has 1 atom stereocenters. The average Bonchev–Trinajstić information content (AvgIpc) is 3.46. The number of allylic oxidation sites excluding steroid dienone is 6. The number of carbonyl (C=O) groups is 1. The Kier molecular flexibility index (Phi) is 7.09. The molecule has 4 aliphatic rings. The molecule has 3 aromatic heterocycles. The molecule has 2 aliphatic heterocycles. The molecule has 238 valence electrons. The number of hydrogen-bond donors (Lipinski definition) is 1. The molecule has 9 nitrogen and oxygen atoms in total. The summed E-state index contributed by atoms with van der Waals surface area (Å²) in [4.78, 5) is 31.6. The Bertz CT molecular complexity index is 2000. The summed E-state index contributed by atoms with van der Waals surface area (Å²) in [6.07, 6.45) is 11.5. The molecule has 0 saturated carbocycles. The van der Waals surface area contributed by atoms with Crippen LogP contribution in [-0.2, 0) is 16.1 Å². The van der Waals surface area contributed by atoms with Crippen LogP contribution >= 0.6 is 0 Å². The van der Waals surface area contributed by atoms with E-state index in [9.17, 15) is 4.79 Å². The van der Waals surface area contributed by atoms with Gasteiger partial charge >= 0.3 is 0 Å². The number of nitrogen functional groups attached to an aromatic ring is 1. The molecule has 0 bridgehead atoms. The van der Waals surface area contributed by atoms with E-state index in [2.05, 4.69) is 75.3 Å². The molecule has 1 spiro atoms. The fraction of sp³-hybridized carbons (Fsp3) is 0.316. The molecule has 0 amide bonds. The third kappa shape index (κ3) is 5.06. The molecule has 5 heterocycles. The maximum Gasteiger partial charge on any atom is 0.216 e. The van der Waals surface area contributed by atoms with Crippen LogP contribution in [0.2, 0.25) is 0 Å². The van der Waals surface area contributed by atoms with E-state index in [4.69, 9.17) is 20.4 Å². The van der Waals surface area contributed by atoms with E-state index in [1.807, 2.05) is 24.3 Å². The van der Waals surface area contributed by atoms with Crippen LogP contribution in [0.3, 0.4) is 0 Å². The van der Waals surface area contributed by atoms with Crippen molar-refractivity contribution >= 4 is 28.3 Å². The summed E-state index contributed by atoms with van der Waals surface area (Å²) in [5.74, 6) is 2.39. The predicted molar refractivity (Wildman–Crippen MR) is 184 cm³/mol. The number of ether oxygens (including phenoxy) is 1. The van der Waals surface area contributed by atoms with Crippen molar-refractivity contribution in [1.29, 1.82) is 0 Å². The molecule has 4 aromatic rings. The Morgan fingerprint density at radius 1 is 1.06 bits per heavy atom. The van der Waals surface area contributed by atoms with E-state index >= 15 is 0 Å². The van der Waals surface area contributed by atoms with Gasteiger partial charge in [0.2, 0.25) is 5.78 Å². The Hall–Kier alpha value is -5.02. The Balaban J connectivity index is 1.01. The van der Waals surface area contributed by atoms with Crippen molar-refractivity contribution in [3.8, 4) is 17.1 Å². The van der Waals surface area contributed by atoms with Gasteiger partial charge in [-0.05, 0) is 78.1 Å². The zero-order valence-electron chi connectivity index (χ0n) is 26.9. The standard InChI is InChI=1S/C38H39N7O2/c1-24-6-10-27(11-7-24)30-14-15-31-37(41-30)45(36(42-31)29-5-4-18-40-35(29)39)28-12-8-26(9-13-28)21-43-22-38(23-43)16-19-44(20-17-38)32-33(46)25(2)34(32)47-3/h4-6,8-15,18,24H,2,7,16-17,19-23H2,1,3H3,(H2,39,40). The summed E-state index contributed by atoms with van der Waals surface area (Å²) >= 11 is 0. The highest BCUT2D eigenvalue weighted by Gasteiger charge is 2.47. The van der Waals surface area contributed by atoms with Crippen LogP contribution < -0.4 is 5.73 Å². The number of Topliss-reactive ketones (excluding diaryl/α,β-unsaturated/α-hetero) is 1. The summed E-state index contributed by atoms with van der Waals surface area (Å²) in [5, 5.41) is 0. The van der Waals surface area contributed by atoms with Crippen molar-refractivity contribution in [1.82, 2.24) is 29.3 Å². The lowest BCUT2D eigenvalue weighted by Crippen LogP contribution is -2.60. The van der Waals surface area contributed by atoms with Crippen LogP contribution in [0.5, 0.6) is 0 Å². The molecule has 1 aromatic carbocycles. The number of carbonyl (C=O) groups excluding carboxylic acids is 1. The van der Waals surface area contributed by atoms with E-state index < -0.39 is 0 Å². The topological polar surface area (TPSA) is 102 Å². The average molecular weight is 626 g/mol. The molecule has 47 heavy (non-hydrogen) atoms. The number of likely N-dealkylation sites (tertiary alicyclic amines) is 2. The number of anilines is 1. The quantitative estimate of drug-likeness (QED) is 0.252. The predicted octanol–water partition coefficient (Wildman–Crippen LogP) is 5.94. The number of fused-ring (bicyclic) bond motifs is 1. The van der Waals surface area contributed by atoms with Gasteiger partial charge in [-0.2, -0.15) is 0 Å². The van der Waals surface area contributed by atoms with Crippen molar-refractivity contribution in [3.63, 3.8) is 0 Å². The summed E-state index contributed by atoms with van der Waals surface area (Å²) < 4.78 is 7.52. The van der Waals surface area contributed by atoms with Gasteiger partial charge in [0.25, 0.3) is 0 Å². The lowest BCUT2D eigenvalue weighted by atomic mass is 9.71. The van der Waals surface area contributed by atoms with Crippen LogP contribution in [-0.4, -0.2) is 68.4 Å². The van der Waals surface area contributed by atoms with Crippen molar-refractivity contribution in [3.05, 3.63) is 108 Å². The molecule has 2 N–H and O–H groups in total. The van der Waals surface area contributed by atoms with Gasteiger partial charge in [0, 0.05) is 44.6 Å². The number of nitrogens with two attached hydrogens (primary N) is 1. The fourth-order valence-corrected chi connectivity index (χ4v) is 7.55. The van der Waals surface area contributed by atoms with Crippen molar-refractivity contribution in [2.45, 2.75) is 32.7 Å². The Morgan fingerprint density at radius 2 is 1.85 bits per heavy atom. The van der Waals surface area contributed by atoms with Gasteiger partial charge in [0.15, 0.2) is 17.2 Å². The highest BCUT2D eigenvalue weighted by Crippen LogP contribution is 2.44. The van der Waals surface area contributed by atoms with Crippen LogP contribution in [0.1, 0.15) is 37.4 Å².